The Labute approximate surface area is 212 Å². The Morgan fingerprint density at radius 1 is 1.21 bits per heavy atom. The molecule has 0 fully saturated rings. The van der Waals surface area contributed by atoms with E-state index in [0.29, 0.717) is 28.7 Å². The van der Waals surface area contributed by atoms with E-state index < -0.39 is 36.5 Å². The number of nitrogens with zero attached hydrogens (tertiary/aromatic N) is 1. The molecule has 1 aliphatic rings. The summed E-state index contributed by atoms with van der Waals surface area (Å²) < 4.78 is 40.1. The zero-order chi connectivity index (χ0) is 25.2. The van der Waals surface area contributed by atoms with Gasteiger partial charge in [-0.15, -0.1) is 0 Å². The average Bonchev–Trinajstić information content (AvgIpc) is 2.96. The van der Waals surface area contributed by atoms with Gasteiger partial charge in [-0.05, 0) is 79.5 Å². The molecule has 0 saturated heterocycles. The van der Waals surface area contributed by atoms with Crippen LogP contribution in [0, 0.1) is 6.92 Å². The van der Waals surface area contributed by atoms with E-state index in [1.165, 1.54) is 12.1 Å². The summed E-state index contributed by atoms with van der Waals surface area (Å²) in [6.45, 7) is 14.9. The summed E-state index contributed by atoms with van der Waals surface area (Å²) in [7, 11) is -6.03. The van der Waals surface area contributed by atoms with Crippen LogP contribution < -0.4 is 0 Å². The predicted molar refractivity (Wildman–Crippen MR) is 140 cm³/mol. The lowest BCUT2D eigenvalue weighted by Gasteiger charge is -2.36. The average molecular weight is 610 g/mol. The van der Waals surface area contributed by atoms with Crippen molar-refractivity contribution in [3.8, 4) is 0 Å². The Morgan fingerprint density at radius 2 is 1.79 bits per heavy atom. The van der Waals surface area contributed by atoms with Gasteiger partial charge in [0, 0.05) is 15.9 Å². The molecule has 0 spiro atoms. The first kappa shape index (κ1) is 28.3. The molecule has 1 heterocycles. The molecule has 1 N–H and O–H groups in total. The van der Waals surface area contributed by atoms with Gasteiger partial charge in [0.15, 0.2) is 14.4 Å². The zero-order valence-electron chi connectivity index (χ0n) is 20.5. The van der Waals surface area contributed by atoms with Crippen LogP contribution in [0.3, 0.4) is 0 Å². The maximum atomic E-state index is 13.6. The highest BCUT2D eigenvalue weighted by Crippen LogP contribution is 2.41. The lowest BCUT2D eigenvalue weighted by molar-refractivity contribution is -0.149. The number of rotatable bonds is 9. The van der Waals surface area contributed by atoms with Crippen molar-refractivity contribution in [2.45, 2.75) is 82.6 Å². The third kappa shape index (κ3) is 6.19. The van der Waals surface area contributed by atoms with E-state index in [-0.39, 0.29) is 16.5 Å². The minimum Gasteiger partial charge on any atom is -0.464 e. The molecule has 0 unspecified atom stereocenters. The number of halogens is 1. The molecule has 7 nitrogen and oxygen atoms in total. The van der Waals surface area contributed by atoms with Crippen molar-refractivity contribution in [2.24, 2.45) is 0 Å². The van der Waals surface area contributed by atoms with E-state index in [2.05, 4.69) is 33.9 Å². The number of sulfonamides is 1. The second-order valence-electron chi connectivity index (χ2n) is 9.76. The minimum absolute atomic E-state index is 0.0655. The van der Waals surface area contributed by atoms with Crippen LogP contribution in [0.2, 0.25) is 18.1 Å². The van der Waals surface area contributed by atoms with E-state index >= 15 is 0 Å². The van der Waals surface area contributed by atoms with Crippen LogP contribution in [0.25, 0.3) is 0 Å². The van der Waals surface area contributed by atoms with Crippen LogP contribution in [0.15, 0.2) is 38.4 Å². The number of aryl methyl sites for hydroxylation is 1. The molecule has 2 atom stereocenters. The number of allylic oxidation sites excluding steroid dienone is 1. The van der Waals surface area contributed by atoms with Gasteiger partial charge >= 0.3 is 5.97 Å². The molecule has 0 radical (unpaired) electrons. The van der Waals surface area contributed by atoms with Crippen molar-refractivity contribution in [1.82, 2.24) is 4.31 Å². The quantitative estimate of drug-likeness (QED) is 0.188. The molecular weight excluding hydrogens is 573 g/mol. The topological polar surface area (TPSA) is 93.1 Å². The van der Waals surface area contributed by atoms with Gasteiger partial charge in [0.1, 0.15) is 6.10 Å². The Kier molecular flexibility index (Phi) is 9.22. The molecule has 1 aliphatic heterocycles. The normalized spacial score (nSPS) is 19.8. The number of aliphatic hydroxyl groups excluding tert-OH is 1. The smallest absolute Gasteiger partial charge is 0.333 e. The number of hydrogen-bond donors (Lipinski definition) is 1. The fourth-order valence-corrected chi connectivity index (χ4v) is 7.10. The van der Waals surface area contributed by atoms with Crippen molar-refractivity contribution < 1.29 is 27.5 Å². The summed E-state index contributed by atoms with van der Waals surface area (Å²) in [5.74, 6) is -0.762. The number of benzene rings is 1. The summed E-state index contributed by atoms with van der Waals surface area (Å²) in [5.41, 5.74) is 1.34. The number of carbonyl (C=O) groups is 1. The predicted octanol–water partition coefficient (Wildman–Crippen LogP) is 4.74. The van der Waals surface area contributed by atoms with Crippen LogP contribution in [0.1, 0.15) is 46.1 Å². The van der Waals surface area contributed by atoms with Crippen molar-refractivity contribution in [3.05, 3.63) is 39.1 Å². The summed E-state index contributed by atoms with van der Waals surface area (Å²) in [6.07, 6.45) is -0.359. The minimum atomic E-state index is -4.09. The molecule has 1 aromatic carbocycles. The van der Waals surface area contributed by atoms with Gasteiger partial charge < -0.3 is 14.3 Å². The maximum absolute atomic E-state index is 13.6. The standard InChI is InChI=1S/C23H36INO6SSi/c1-8-30-22(27)20-21(26)19(24)18(10-9-15-31-33(6,7)23(3,4)5)25(20)32(28,29)17-13-11-16(2)12-14-17/h11-14,20-21,26H,8-10,15H2,1-7H3/t20-,21-/m0/s1. The van der Waals surface area contributed by atoms with E-state index in [1.54, 1.807) is 19.1 Å². The molecule has 2 rings (SSSR count). The lowest BCUT2D eigenvalue weighted by Crippen LogP contribution is -2.47. The van der Waals surface area contributed by atoms with Crippen molar-refractivity contribution >= 4 is 46.9 Å². The van der Waals surface area contributed by atoms with Crippen molar-refractivity contribution in [1.29, 1.82) is 0 Å². The lowest BCUT2D eigenvalue weighted by atomic mass is 10.2. The van der Waals surface area contributed by atoms with E-state index in [0.717, 1.165) is 9.87 Å². The SMILES string of the molecule is CCOC(=O)[C@@H]1[C@@H](O)C(I)=C(CCCO[Si](C)(C)C(C)(C)C)N1S(=O)(=O)c1ccc(C)cc1. The van der Waals surface area contributed by atoms with Crippen LogP contribution >= 0.6 is 22.6 Å². The monoisotopic (exact) mass is 609 g/mol. The number of aliphatic hydroxyl groups is 1. The second kappa shape index (κ2) is 10.8. The van der Waals surface area contributed by atoms with Crippen LogP contribution in [-0.4, -0.2) is 57.5 Å². The summed E-state index contributed by atoms with van der Waals surface area (Å²) in [6, 6.07) is 5.10. The first-order chi connectivity index (χ1) is 15.1. The highest BCUT2D eigenvalue weighted by molar-refractivity contribution is 14.1. The molecule has 0 amide bonds. The van der Waals surface area contributed by atoms with Gasteiger partial charge in [0.05, 0.1) is 11.5 Å². The zero-order valence-corrected chi connectivity index (χ0v) is 24.5. The Morgan fingerprint density at radius 3 is 2.30 bits per heavy atom. The van der Waals surface area contributed by atoms with E-state index in [4.69, 9.17) is 9.16 Å². The first-order valence-electron chi connectivity index (χ1n) is 11.1. The summed E-state index contributed by atoms with van der Waals surface area (Å²) in [5, 5.41) is 10.9. The number of ether oxygens (including phenoxy) is 1. The first-order valence-corrected chi connectivity index (χ1v) is 16.6. The van der Waals surface area contributed by atoms with Crippen LogP contribution in [0.4, 0.5) is 0 Å². The molecule has 0 aromatic heterocycles. The second-order valence-corrected chi connectivity index (χ2v) is 17.5. The van der Waals surface area contributed by atoms with Gasteiger partial charge in [0.2, 0.25) is 0 Å². The molecular formula is C23H36INO6SSi. The van der Waals surface area contributed by atoms with Gasteiger partial charge in [-0.25, -0.2) is 13.2 Å². The highest BCUT2D eigenvalue weighted by Gasteiger charge is 2.49. The molecule has 0 aliphatic carbocycles. The Bertz CT molecular complexity index is 985. The van der Waals surface area contributed by atoms with Crippen LogP contribution in [-0.2, 0) is 24.0 Å². The summed E-state index contributed by atoms with van der Waals surface area (Å²) >= 11 is 1.94. The molecule has 0 bridgehead atoms. The maximum Gasteiger partial charge on any atom is 0.333 e. The molecule has 186 valence electrons. The highest BCUT2D eigenvalue weighted by atomic mass is 127. The Balaban J connectivity index is 2.36. The fraction of sp³-hybridized carbons (Fsp3) is 0.609. The third-order valence-corrected chi connectivity index (χ3v) is 13.9. The molecule has 0 saturated carbocycles. The van der Waals surface area contributed by atoms with Gasteiger partial charge in [-0.2, -0.15) is 0 Å². The van der Waals surface area contributed by atoms with Gasteiger partial charge in [-0.1, -0.05) is 38.5 Å². The fourth-order valence-electron chi connectivity index (χ4n) is 3.29. The number of hydrogen-bond acceptors (Lipinski definition) is 6. The van der Waals surface area contributed by atoms with Crippen molar-refractivity contribution in [3.63, 3.8) is 0 Å². The van der Waals surface area contributed by atoms with Crippen molar-refractivity contribution in [2.75, 3.05) is 13.2 Å². The number of esters is 1. The molecule has 10 heteroatoms. The molecule has 1 aromatic rings. The largest absolute Gasteiger partial charge is 0.464 e. The van der Waals surface area contributed by atoms with Gasteiger partial charge in [0.25, 0.3) is 10.0 Å². The number of carbonyl (C=O) groups excluding carboxylic acids is 1. The third-order valence-electron chi connectivity index (χ3n) is 6.29. The molecule has 33 heavy (non-hydrogen) atoms. The van der Waals surface area contributed by atoms with Crippen LogP contribution in [0.5, 0.6) is 0 Å². The van der Waals surface area contributed by atoms with E-state index in [9.17, 15) is 18.3 Å². The van der Waals surface area contributed by atoms with Gasteiger partial charge in [-0.3, -0.25) is 4.31 Å². The Hall–Kier alpha value is -0.953. The van der Waals surface area contributed by atoms with E-state index in [1.807, 2.05) is 29.5 Å². The summed E-state index contributed by atoms with van der Waals surface area (Å²) in [4.78, 5) is 12.8.